The first-order valence-electron chi connectivity index (χ1n) is 7.25. The number of aryl methyl sites for hydroxylation is 3. The van der Waals surface area contributed by atoms with Gasteiger partial charge in [0.05, 0.1) is 4.90 Å². The van der Waals surface area contributed by atoms with Crippen LogP contribution < -0.4 is 0 Å². The number of pyridine rings is 1. The van der Waals surface area contributed by atoms with E-state index < -0.39 is 10.0 Å². The first-order chi connectivity index (χ1) is 10.3. The lowest BCUT2D eigenvalue weighted by molar-refractivity contribution is 0.471. The highest BCUT2D eigenvalue weighted by Gasteiger charge is 2.24. The molecule has 0 amide bonds. The summed E-state index contributed by atoms with van der Waals surface area (Å²) >= 11 is 0. The zero-order valence-electron chi connectivity index (χ0n) is 13.5. The van der Waals surface area contributed by atoms with Crippen molar-refractivity contribution in [3.8, 4) is 0 Å². The number of likely N-dealkylation sites (N-methyl/N-ethyl adjacent to an activating group) is 1. The predicted octanol–water partition coefficient (Wildman–Crippen LogP) is 2.87. The molecule has 0 radical (unpaired) electrons. The molecule has 0 unspecified atom stereocenters. The van der Waals surface area contributed by atoms with Gasteiger partial charge in [-0.15, -0.1) is 0 Å². The average Bonchev–Trinajstić information content (AvgIpc) is 2.44. The van der Waals surface area contributed by atoms with Crippen molar-refractivity contribution >= 4 is 10.0 Å². The van der Waals surface area contributed by atoms with Crippen molar-refractivity contribution in [2.75, 3.05) is 13.6 Å². The molecule has 0 spiro atoms. The third-order valence-corrected chi connectivity index (χ3v) is 5.90. The van der Waals surface area contributed by atoms with E-state index in [0.29, 0.717) is 17.9 Å². The minimum atomic E-state index is -3.47. The molecule has 0 fully saturated rings. The summed E-state index contributed by atoms with van der Waals surface area (Å²) in [6, 6.07) is 7.64. The van der Waals surface area contributed by atoms with Crippen LogP contribution in [0, 0.1) is 20.8 Å². The fourth-order valence-electron chi connectivity index (χ4n) is 2.69. The normalized spacial score (nSPS) is 11.9. The van der Waals surface area contributed by atoms with Crippen LogP contribution in [-0.2, 0) is 16.4 Å². The van der Waals surface area contributed by atoms with Crippen LogP contribution in [0.15, 0.2) is 41.6 Å². The fourth-order valence-corrected chi connectivity index (χ4v) is 4.26. The van der Waals surface area contributed by atoms with Crippen molar-refractivity contribution in [3.05, 3.63) is 58.9 Å². The highest BCUT2D eigenvalue weighted by atomic mass is 32.2. The summed E-state index contributed by atoms with van der Waals surface area (Å²) in [6.45, 7) is 6.12. The number of nitrogens with zero attached hydrogens (tertiary/aromatic N) is 2. The third-order valence-electron chi connectivity index (χ3n) is 3.74. The number of sulfonamides is 1. The van der Waals surface area contributed by atoms with Crippen molar-refractivity contribution in [2.24, 2.45) is 0 Å². The molecule has 0 aliphatic carbocycles. The maximum Gasteiger partial charge on any atom is 0.243 e. The summed E-state index contributed by atoms with van der Waals surface area (Å²) in [6.07, 6.45) is 4.11. The van der Waals surface area contributed by atoms with Crippen LogP contribution in [0.4, 0.5) is 0 Å². The SMILES string of the molecule is Cc1cc(C)c(S(=O)(=O)N(C)CCc2ccncc2)c(C)c1. The molecule has 2 rings (SSSR count). The molecule has 1 aromatic carbocycles. The summed E-state index contributed by atoms with van der Waals surface area (Å²) < 4.78 is 27.1. The molecular formula is C17H22N2O2S. The third kappa shape index (κ3) is 3.54. The molecule has 118 valence electrons. The van der Waals surface area contributed by atoms with Gasteiger partial charge in [-0.3, -0.25) is 4.98 Å². The van der Waals surface area contributed by atoms with Crippen molar-refractivity contribution in [1.82, 2.24) is 9.29 Å². The number of rotatable bonds is 5. The lowest BCUT2D eigenvalue weighted by Crippen LogP contribution is -2.30. The molecule has 5 heteroatoms. The largest absolute Gasteiger partial charge is 0.265 e. The number of hydrogen-bond donors (Lipinski definition) is 0. The van der Waals surface area contributed by atoms with Crippen LogP contribution in [0.2, 0.25) is 0 Å². The van der Waals surface area contributed by atoms with E-state index in [-0.39, 0.29) is 0 Å². The molecule has 0 aliphatic rings. The maximum absolute atomic E-state index is 12.8. The first kappa shape index (κ1) is 16.6. The smallest absolute Gasteiger partial charge is 0.243 e. The second-order valence-corrected chi connectivity index (χ2v) is 7.64. The van der Waals surface area contributed by atoms with E-state index in [1.807, 2.05) is 45.0 Å². The van der Waals surface area contributed by atoms with Crippen LogP contribution in [0.1, 0.15) is 22.3 Å². The summed E-state index contributed by atoms with van der Waals surface area (Å²) in [4.78, 5) is 4.39. The van der Waals surface area contributed by atoms with E-state index in [0.717, 1.165) is 22.3 Å². The number of benzene rings is 1. The monoisotopic (exact) mass is 318 g/mol. The van der Waals surface area contributed by atoms with Crippen LogP contribution in [0.25, 0.3) is 0 Å². The molecular weight excluding hydrogens is 296 g/mol. The second-order valence-electron chi connectivity index (χ2n) is 5.66. The van der Waals surface area contributed by atoms with Gasteiger partial charge in [-0.1, -0.05) is 17.7 Å². The number of hydrogen-bond acceptors (Lipinski definition) is 3. The summed E-state index contributed by atoms with van der Waals surface area (Å²) in [5.41, 5.74) is 3.75. The van der Waals surface area contributed by atoms with Crippen molar-refractivity contribution < 1.29 is 8.42 Å². The Kier molecular flexibility index (Phi) is 4.98. The van der Waals surface area contributed by atoms with Gasteiger partial charge in [-0.2, -0.15) is 0 Å². The lowest BCUT2D eigenvalue weighted by Gasteiger charge is -2.20. The first-order valence-corrected chi connectivity index (χ1v) is 8.69. The molecule has 4 nitrogen and oxygen atoms in total. The molecule has 0 bridgehead atoms. The van der Waals surface area contributed by atoms with Crippen LogP contribution in [0.5, 0.6) is 0 Å². The lowest BCUT2D eigenvalue weighted by atomic mass is 10.1. The van der Waals surface area contributed by atoms with Gasteiger partial charge in [0.2, 0.25) is 10.0 Å². The molecule has 22 heavy (non-hydrogen) atoms. The number of aromatic nitrogens is 1. The van der Waals surface area contributed by atoms with Crippen molar-refractivity contribution in [1.29, 1.82) is 0 Å². The van der Waals surface area contributed by atoms with Gasteiger partial charge >= 0.3 is 0 Å². The maximum atomic E-state index is 12.8. The van der Waals surface area contributed by atoms with Gasteiger partial charge in [0.1, 0.15) is 0 Å². The summed E-state index contributed by atoms with van der Waals surface area (Å²) in [5, 5.41) is 0. The van der Waals surface area contributed by atoms with Crippen molar-refractivity contribution in [2.45, 2.75) is 32.1 Å². The van der Waals surface area contributed by atoms with E-state index in [9.17, 15) is 8.42 Å². The quantitative estimate of drug-likeness (QED) is 0.852. The Bertz CT molecular complexity index is 732. The Labute approximate surface area is 132 Å². The van der Waals surface area contributed by atoms with Crippen LogP contribution in [0.3, 0.4) is 0 Å². The molecule has 1 heterocycles. The minimum Gasteiger partial charge on any atom is -0.265 e. The van der Waals surface area contributed by atoms with Crippen LogP contribution in [-0.4, -0.2) is 31.3 Å². The summed E-state index contributed by atoms with van der Waals surface area (Å²) in [7, 11) is -1.84. The Morgan fingerprint density at radius 3 is 2.14 bits per heavy atom. The molecule has 1 aromatic heterocycles. The van der Waals surface area contributed by atoms with Gasteiger partial charge in [-0.25, -0.2) is 12.7 Å². The zero-order valence-corrected chi connectivity index (χ0v) is 14.3. The Balaban J connectivity index is 2.23. The van der Waals surface area contributed by atoms with E-state index in [1.165, 1.54) is 4.31 Å². The van der Waals surface area contributed by atoms with Gasteiger partial charge in [0.25, 0.3) is 0 Å². The molecule has 0 aliphatic heterocycles. The highest BCUT2D eigenvalue weighted by Crippen LogP contribution is 2.24. The van der Waals surface area contributed by atoms with E-state index in [1.54, 1.807) is 19.4 Å². The Morgan fingerprint density at radius 2 is 1.59 bits per heavy atom. The summed E-state index contributed by atoms with van der Waals surface area (Å²) in [5.74, 6) is 0. The van der Waals surface area contributed by atoms with Gasteiger partial charge in [0.15, 0.2) is 0 Å². The average molecular weight is 318 g/mol. The zero-order chi connectivity index (χ0) is 16.3. The molecule has 0 saturated heterocycles. The predicted molar refractivity (Wildman–Crippen MR) is 88.4 cm³/mol. The van der Waals surface area contributed by atoms with E-state index >= 15 is 0 Å². The fraction of sp³-hybridized carbons (Fsp3) is 0.353. The van der Waals surface area contributed by atoms with Crippen LogP contribution >= 0.6 is 0 Å². The molecule has 0 N–H and O–H groups in total. The minimum absolute atomic E-state index is 0.426. The second kappa shape index (κ2) is 6.58. The Hall–Kier alpha value is -1.72. The standard InChI is InChI=1S/C17H22N2O2S/c1-13-11-14(2)17(15(3)12-13)22(20,21)19(4)10-7-16-5-8-18-9-6-16/h5-6,8-9,11-12H,7,10H2,1-4H3. The van der Waals surface area contributed by atoms with Gasteiger partial charge in [0, 0.05) is 26.0 Å². The molecule has 0 atom stereocenters. The molecule has 2 aromatic rings. The van der Waals surface area contributed by atoms with Crippen molar-refractivity contribution in [3.63, 3.8) is 0 Å². The Morgan fingerprint density at radius 1 is 1.05 bits per heavy atom. The highest BCUT2D eigenvalue weighted by molar-refractivity contribution is 7.89. The van der Waals surface area contributed by atoms with E-state index in [2.05, 4.69) is 4.98 Å². The molecule has 0 saturated carbocycles. The van der Waals surface area contributed by atoms with Gasteiger partial charge < -0.3 is 0 Å². The van der Waals surface area contributed by atoms with Gasteiger partial charge in [-0.05, 0) is 56.0 Å². The topological polar surface area (TPSA) is 50.3 Å². The van der Waals surface area contributed by atoms with E-state index in [4.69, 9.17) is 0 Å².